The molecule has 4 aromatic rings. The Morgan fingerprint density at radius 1 is 1.00 bits per heavy atom. The van der Waals surface area contributed by atoms with E-state index in [1.165, 1.54) is 0 Å². The van der Waals surface area contributed by atoms with Gasteiger partial charge in [0.2, 0.25) is 11.9 Å². The third-order valence-corrected chi connectivity index (χ3v) is 4.99. The summed E-state index contributed by atoms with van der Waals surface area (Å²) in [6.07, 6.45) is 4.95. The number of benzene rings is 1. The van der Waals surface area contributed by atoms with Gasteiger partial charge in [0, 0.05) is 6.20 Å². The van der Waals surface area contributed by atoms with Gasteiger partial charge in [0.05, 0.1) is 16.7 Å². The Kier molecular flexibility index (Phi) is 3.12. The Morgan fingerprint density at radius 2 is 1.86 bits per heavy atom. The number of rotatable bonds is 2. The van der Waals surface area contributed by atoms with Crippen LogP contribution in [0.2, 0.25) is 0 Å². The maximum absolute atomic E-state index is 4.90. The van der Waals surface area contributed by atoms with Gasteiger partial charge in [-0.25, -0.2) is 14.7 Å². The predicted molar refractivity (Wildman–Crippen MR) is 103 cm³/mol. The van der Waals surface area contributed by atoms with Crippen molar-refractivity contribution in [3.8, 4) is 0 Å². The fraction of sp³-hybridized carbons (Fsp3) is 0.167. The molecule has 0 amide bonds. The van der Waals surface area contributed by atoms with Gasteiger partial charge in [-0.3, -0.25) is 19.5 Å². The van der Waals surface area contributed by atoms with Gasteiger partial charge in [-0.05, 0) is 24.3 Å². The first-order valence-corrected chi connectivity index (χ1v) is 8.95. The van der Waals surface area contributed by atoms with Gasteiger partial charge in [-0.1, -0.05) is 18.2 Å². The SMILES string of the molecule is c1ccc(C2NC3=NCN(n4cnnc4)CN3c3nc4ccccc4n32)nc1. The molecule has 3 aromatic heterocycles. The van der Waals surface area contributed by atoms with E-state index < -0.39 is 0 Å². The van der Waals surface area contributed by atoms with E-state index in [0.717, 1.165) is 28.6 Å². The largest absolute Gasteiger partial charge is 0.330 e. The molecular weight excluding hydrogens is 356 g/mol. The van der Waals surface area contributed by atoms with E-state index in [1.807, 2.05) is 46.1 Å². The van der Waals surface area contributed by atoms with Crippen LogP contribution in [0.1, 0.15) is 11.9 Å². The lowest BCUT2D eigenvalue weighted by molar-refractivity contribution is 0.487. The second kappa shape index (κ2) is 5.78. The number of imidazole rings is 1. The van der Waals surface area contributed by atoms with Crippen molar-refractivity contribution < 1.29 is 0 Å². The van der Waals surface area contributed by atoms with E-state index >= 15 is 0 Å². The number of nitrogens with zero attached hydrogens (tertiary/aromatic N) is 9. The summed E-state index contributed by atoms with van der Waals surface area (Å²) in [6, 6.07) is 14.0. The van der Waals surface area contributed by atoms with Crippen molar-refractivity contribution >= 4 is 22.9 Å². The van der Waals surface area contributed by atoms with Crippen molar-refractivity contribution in [1.29, 1.82) is 0 Å². The molecule has 1 aromatic carbocycles. The summed E-state index contributed by atoms with van der Waals surface area (Å²) in [4.78, 5) is 16.3. The lowest BCUT2D eigenvalue weighted by Gasteiger charge is -2.41. The highest BCUT2D eigenvalue weighted by Crippen LogP contribution is 2.32. The smallest absolute Gasteiger partial charge is 0.217 e. The molecule has 0 aliphatic carbocycles. The first kappa shape index (κ1) is 15.1. The van der Waals surface area contributed by atoms with Crippen LogP contribution in [-0.2, 0) is 0 Å². The number of aromatic nitrogens is 6. The van der Waals surface area contributed by atoms with Crippen molar-refractivity contribution in [1.82, 2.24) is 34.7 Å². The third kappa shape index (κ3) is 2.17. The van der Waals surface area contributed by atoms with Crippen molar-refractivity contribution in [2.75, 3.05) is 23.2 Å². The first-order chi connectivity index (χ1) is 13.9. The van der Waals surface area contributed by atoms with E-state index in [1.54, 1.807) is 18.9 Å². The number of para-hydroxylation sites is 2. The van der Waals surface area contributed by atoms with Crippen LogP contribution in [0.15, 0.2) is 66.3 Å². The van der Waals surface area contributed by atoms with Crippen LogP contribution >= 0.6 is 0 Å². The van der Waals surface area contributed by atoms with E-state index in [9.17, 15) is 0 Å². The van der Waals surface area contributed by atoms with Gasteiger partial charge in [-0.15, -0.1) is 10.2 Å². The van der Waals surface area contributed by atoms with E-state index in [4.69, 9.17) is 9.98 Å². The predicted octanol–water partition coefficient (Wildman–Crippen LogP) is 0.902. The minimum absolute atomic E-state index is 0.180. The Morgan fingerprint density at radius 3 is 2.71 bits per heavy atom. The molecule has 10 heteroatoms. The van der Waals surface area contributed by atoms with E-state index in [-0.39, 0.29) is 6.17 Å². The zero-order valence-corrected chi connectivity index (χ0v) is 14.8. The van der Waals surface area contributed by atoms with Crippen LogP contribution in [0, 0.1) is 0 Å². The Bertz CT molecular complexity index is 1160. The van der Waals surface area contributed by atoms with Gasteiger partial charge in [0.15, 0.2) is 6.17 Å². The van der Waals surface area contributed by atoms with Crippen LogP contribution in [-0.4, -0.2) is 48.7 Å². The quantitative estimate of drug-likeness (QED) is 0.559. The maximum atomic E-state index is 4.90. The maximum Gasteiger partial charge on any atom is 0.217 e. The number of hydrogen-bond donors (Lipinski definition) is 1. The number of anilines is 1. The number of hydrogen-bond acceptors (Lipinski definition) is 8. The Hall–Kier alpha value is -3.95. The molecule has 28 heavy (non-hydrogen) atoms. The second-order valence-electron chi connectivity index (χ2n) is 6.61. The standard InChI is InChI=1S/C18H16N10/c1-2-7-15-13(5-1)23-18-27-12-26(25-10-21-22-11-25)9-20-17(27)24-16(28(15)18)14-6-3-4-8-19-14/h1-8,10-11,16H,9,12H2,(H,20,24). The van der Waals surface area contributed by atoms with Gasteiger partial charge in [0.25, 0.3) is 0 Å². The number of pyridine rings is 1. The van der Waals surface area contributed by atoms with Gasteiger partial charge in [-0.2, -0.15) is 0 Å². The summed E-state index contributed by atoms with van der Waals surface area (Å²) in [5, 5.41) is 13.3. The van der Waals surface area contributed by atoms with Crippen molar-refractivity contribution in [3.63, 3.8) is 0 Å². The minimum atomic E-state index is -0.180. The molecule has 1 N–H and O–H groups in total. The average Bonchev–Trinajstić information content (AvgIpc) is 3.42. The van der Waals surface area contributed by atoms with E-state index in [0.29, 0.717) is 13.3 Å². The molecule has 5 heterocycles. The monoisotopic (exact) mass is 372 g/mol. The van der Waals surface area contributed by atoms with Crippen LogP contribution in [0.25, 0.3) is 11.0 Å². The molecule has 0 fully saturated rings. The highest BCUT2D eigenvalue weighted by atomic mass is 15.7. The Balaban J connectivity index is 1.52. The van der Waals surface area contributed by atoms with Crippen molar-refractivity contribution in [3.05, 3.63) is 67.0 Å². The van der Waals surface area contributed by atoms with Gasteiger partial charge < -0.3 is 5.32 Å². The molecule has 2 aliphatic heterocycles. The molecule has 0 saturated carbocycles. The van der Waals surface area contributed by atoms with Gasteiger partial charge in [0.1, 0.15) is 26.0 Å². The summed E-state index contributed by atoms with van der Waals surface area (Å²) in [6.45, 7) is 1.06. The minimum Gasteiger partial charge on any atom is -0.330 e. The summed E-state index contributed by atoms with van der Waals surface area (Å²) in [7, 11) is 0. The molecule has 2 aliphatic rings. The number of nitrogens with one attached hydrogen (secondary N) is 1. The highest BCUT2D eigenvalue weighted by molar-refractivity contribution is 5.99. The summed E-state index contributed by atoms with van der Waals surface area (Å²) < 4.78 is 4.00. The van der Waals surface area contributed by atoms with Gasteiger partial charge >= 0.3 is 0 Å². The molecule has 0 bridgehead atoms. The fourth-order valence-electron chi connectivity index (χ4n) is 3.69. The fourth-order valence-corrected chi connectivity index (χ4v) is 3.69. The lowest BCUT2D eigenvalue weighted by Crippen LogP contribution is -2.59. The lowest BCUT2D eigenvalue weighted by atomic mass is 10.2. The van der Waals surface area contributed by atoms with E-state index in [2.05, 4.69) is 36.0 Å². The molecule has 1 atom stereocenters. The number of fused-ring (bicyclic) bond motifs is 5. The number of aliphatic imine (C=N–C) groups is 1. The summed E-state index contributed by atoms with van der Waals surface area (Å²) in [5.41, 5.74) is 2.89. The zero-order valence-electron chi connectivity index (χ0n) is 14.8. The second-order valence-corrected chi connectivity index (χ2v) is 6.61. The molecule has 6 rings (SSSR count). The summed E-state index contributed by atoms with van der Waals surface area (Å²) >= 11 is 0. The molecule has 10 nitrogen and oxygen atoms in total. The van der Waals surface area contributed by atoms with Crippen LogP contribution in [0.5, 0.6) is 0 Å². The molecular formula is C18H16N10. The molecule has 138 valence electrons. The van der Waals surface area contributed by atoms with Crippen LogP contribution in [0.4, 0.5) is 5.95 Å². The van der Waals surface area contributed by atoms with Crippen molar-refractivity contribution in [2.45, 2.75) is 6.17 Å². The molecule has 1 unspecified atom stereocenters. The van der Waals surface area contributed by atoms with Crippen LogP contribution in [0.3, 0.4) is 0 Å². The topological polar surface area (TPSA) is 92.3 Å². The molecule has 0 saturated heterocycles. The zero-order chi connectivity index (χ0) is 18.5. The molecule has 0 radical (unpaired) electrons. The molecule has 0 spiro atoms. The Labute approximate surface area is 159 Å². The normalized spacial score (nSPS) is 18.4. The number of guanidine groups is 1. The first-order valence-electron chi connectivity index (χ1n) is 8.95. The average molecular weight is 372 g/mol. The van der Waals surface area contributed by atoms with Crippen LogP contribution < -0.4 is 15.2 Å². The highest BCUT2D eigenvalue weighted by Gasteiger charge is 2.36. The van der Waals surface area contributed by atoms with Crippen molar-refractivity contribution in [2.24, 2.45) is 4.99 Å². The third-order valence-electron chi connectivity index (χ3n) is 4.99. The summed E-state index contributed by atoms with van der Waals surface area (Å²) in [5.74, 6) is 1.61.